The Morgan fingerprint density at radius 2 is 1.19 bits per heavy atom. The zero-order valence-corrected chi connectivity index (χ0v) is 24.1. The van der Waals surface area contributed by atoms with Crippen molar-refractivity contribution in [3.05, 3.63) is 29.3 Å². The number of aromatic carboxylic acids is 2. The molecule has 0 saturated carbocycles. The number of carboxylic acids is 2. The van der Waals surface area contributed by atoms with E-state index in [1.807, 2.05) is 0 Å². The Kier molecular flexibility index (Phi) is 22.0. The molecule has 0 aliphatic heterocycles. The summed E-state index contributed by atoms with van der Waals surface area (Å²) in [5.41, 5.74) is -0.122. The van der Waals surface area contributed by atoms with Crippen LogP contribution in [0.25, 0.3) is 0 Å². The maximum atomic E-state index is 11.1. The molecule has 0 fully saturated rings. The number of carboxylic acid groups (broad SMARTS) is 2. The Morgan fingerprint density at radius 1 is 0.742 bits per heavy atom. The second-order valence-electron chi connectivity index (χ2n) is 8.33. The van der Waals surface area contributed by atoms with Crippen LogP contribution >= 0.6 is 0 Å². The maximum Gasteiger partial charge on any atom is 1.00 e. The minimum atomic E-state index is -1.51. The van der Waals surface area contributed by atoms with Crippen molar-refractivity contribution in [3.8, 4) is 0 Å². The van der Waals surface area contributed by atoms with Gasteiger partial charge in [-0.15, -0.1) is 0 Å². The van der Waals surface area contributed by atoms with Gasteiger partial charge in [-0.25, -0.2) is 0 Å². The van der Waals surface area contributed by atoms with Crippen LogP contribution in [0.3, 0.4) is 0 Å². The van der Waals surface area contributed by atoms with Crippen molar-refractivity contribution in [1.29, 1.82) is 0 Å². The van der Waals surface area contributed by atoms with Gasteiger partial charge in [-0.2, -0.15) is 0 Å². The normalized spacial score (nSPS) is 10.3. The van der Waals surface area contributed by atoms with Gasteiger partial charge < -0.3 is 25.1 Å². The molecule has 31 heavy (non-hydrogen) atoms. The van der Waals surface area contributed by atoms with E-state index < -0.39 is 11.9 Å². The molecule has 0 bridgehead atoms. The third-order valence-corrected chi connectivity index (χ3v) is 5.25. The smallest absolute Gasteiger partial charge is 0.545 e. The number of unbranched alkanes of at least 4 members (excludes halogenated alkanes) is 10. The Hall–Kier alpha value is -0.0400. The number of carbonyl (C=O) groups excluding carboxylic acids is 2. The molecule has 1 aromatic rings. The first-order valence-electron chi connectivity index (χ1n) is 11.2. The first-order chi connectivity index (χ1) is 13.9. The summed E-state index contributed by atoms with van der Waals surface area (Å²) in [4.78, 5) is 22.0. The van der Waals surface area contributed by atoms with Crippen molar-refractivity contribution in [2.24, 2.45) is 5.92 Å². The molecular formula is C24H37NNa2O4. The SMILES string of the molecule is CC(C)CCCCCCCCCCCCCNc1ccc(C(=O)[O-])c(C(=O)[O-])c1.[Na+].[Na+]. The van der Waals surface area contributed by atoms with Crippen molar-refractivity contribution >= 4 is 17.6 Å². The molecule has 7 heteroatoms. The third-order valence-electron chi connectivity index (χ3n) is 5.25. The molecule has 5 nitrogen and oxygen atoms in total. The van der Waals surface area contributed by atoms with Crippen LogP contribution in [-0.4, -0.2) is 18.5 Å². The van der Waals surface area contributed by atoms with E-state index in [1.165, 1.54) is 76.3 Å². The second kappa shape index (κ2) is 20.6. The fraction of sp³-hybridized carbons (Fsp3) is 0.667. The first kappa shape index (κ1) is 33.1. The Morgan fingerprint density at radius 3 is 1.65 bits per heavy atom. The largest absolute Gasteiger partial charge is 1.00 e. The van der Waals surface area contributed by atoms with Crippen molar-refractivity contribution in [2.45, 2.75) is 90.9 Å². The van der Waals surface area contributed by atoms with Crippen LogP contribution in [0.15, 0.2) is 18.2 Å². The fourth-order valence-corrected chi connectivity index (χ4v) is 3.50. The fourth-order valence-electron chi connectivity index (χ4n) is 3.50. The van der Waals surface area contributed by atoms with Gasteiger partial charge in [-0.3, -0.25) is 0 Å². The molecule has 0 spiro atoms. The average Bonchev–Trinajstić information content (AvgIpc) is 2.67. The summed E-state index contributed by atoms with van der Waals surface area (Å²) < 4.78 is 0. The Bertz CT molecular complexity index is 624. The number of nitrogens with one attached hydrogen (secondary N) is 1. The number of rotatable bonds is 17. The number of hydrogen-bond acceptors (Lipinski definition) is 5. The summed E-state index contributed by atoms with van der Waals surface area (Å²) in [6.45, 7) is 5.31. The summed E-state index contributed by atoms with van der Waals surface area (Å²) >= 11 is 0. The second-order valence-corrected chi connectivity index (χ2v) is 8.33. The Balaban J connectivity index is 0. The minimum Gasteiger partial charge on any atom is -0.545 e. The van der Waals surface area contributed by atoms with Gasteiger partial charge in [0.15, 0.2) is 0 Å². The van der Waals surface area contributed by atoms with Gasteiger partial charge >= 0.3 is 59.1 Å². The van der Waals surface area contributed by atoms with Crippen LogP contribution in [0, 0.1) is 5.92 Å². The van der Waals surface area contributed by atoms with E-state index >= 15 is 0 Å². The average molecular weight is 450 g/mol. The molecule has 0 amide bonds. The topological polar surface area (TPSA) is 92.3 Å². The summed E-state index contributed by atoms with van der Waals surface area (Å²) in [6, 6.07) is 4.09. The molecule has 0 atom stereocenters. The quantitative estimate of drug-likeness (QED) is 0.223. The predicted molar refractivity (Wildman–Crippen MR) is 114 cm³/mol. The van der Waals surface area contributed by atoms with E-state index in [4.69, 9.17) is 0 Å². The zero-order valence-electron chi connectivity index (χ0n) is 20.1. The minimum absolute atomic E-state index is 0. The van der Waals surface area contributed by atoms with E-state index in [0.29, 0.717) is 5.69 Å². The van der Waals surface area contributed by atoms with Gasteiger partial charge in [-0.05, 0) is 24.5 Å². The molecule has 0 aromatic heterocycles. The van der Waals surface area contributed by atoms with Crippen LogP contribution in [0.4, 0.5) is 5.69 Å². The molecule has 0 heterocycles. The standard InChI is InChI=1S/C24H39NO4.2Na/c1-19(2)14-12-10-8-6-4-3-5-7-9-11-13-17-25-20-15-16-21(23(26)27)22(18-20)24(28)29;;/h15-16,18-19,25H,3-14,17H2,1-2H3,(H,26,27)(H,28,29);;/q;2*+1/p-2. The number of anilines is 1. The number of hydrogen-bond donors (Lipinski definition) is 1. The van der Waals surface area contributed by atoms with Gasteiger partial charge in [0.05, 0.1) is 11.9 Å². The van der Waals surface area contributed by atoms with Crippen LogP contribution < -0.4 is 74.6 Å². The van der Waals surface area contributed by atoms with Crippen molar-refractivity contribution in [1.82, 2.24) is 0 Å². The van der Waals surface area contributed by atoms with E-state index in [0.717, 1.165) is 25.3 Å². The summed E-state index contributed by atoms with van der Waals surface area (Å²) in [5.74, 6) is -2.19. The van der Waals surface area contributed by atoms with Gasteiger partial charge in [0.25, 0.3) is 0 Å². The third kappa shape index (κ3) is 16.3. The van der Waals surface area contributed by atoms with Gasteiger partial charge in [-0.1, -0.05) is 90.5 Å². The molecule has 0 radical (unpaired) electrons. The maximum absolute atomic E-state index is 11.1. The van der Waals surface area contributed by atoms with Crippen LogP contribution in [-0.2, 0) is 0 Å². The first-order valence-corrected chi connectivity index (χ1v) is 11.2. The van der Waals surface area contributed by atoms with Crippen molar-refractivity contribution in [3.63, 3.8) is 0 Å². The van der Waals surface area contributed by atoms with Crippen LogP contribution in [0.5, 0.6) is 0 Å². The molecule has 0 aliphatic carbocycles. The number of benzene rings is 1. The molecule has 1 aromatic carbocycles. The van der Waals surface area contributed by atoms with Gasteiger partial charge in [0.2, 0.25) is 0 Å². The zero-order chi connectivity index (χ0) is 21.5. The Labute approximate surface area is 232 Å². The van der Waals surface area contributed by atoms with Gasteiger partial charge in [0.1, 0.15) is 0 Å². The molecular weight excluding hydrogens is 412 g/mol. The van der Waals surface area contributed by atoms with Crippen LogP contribution in [0.2, 0.25) is 0 Å². The molecule has 0 unspecified atom stereocenters. The summed E-state index contributed by atoms with van der Waals surface area (Å²) in [7, 11) is 0. The van der Waals surface area contributed by atoms with Crippen molar-refractivity contribution in [2.75, 3.05) is 11.9 Å². The van der Waals surface area contributed by atoms with Crippen molar-refractivity contribution < 1.29 is 78.9 Å². The molecule has 164 valence electrons. The van der Waals surface area contributed by atoms with E-state index in [1.54, 1.807) is 6.07 Å². The molecule has 0 aliphatic rings. The monoisotopic (exact) mass is 449 g/mol. The molecule has 0 saturated heterocycles. The van der Waals surface area contributed by atoms with E-state index in [9.17, 15) is 19.8 Å². The molecule has 1 N–H and O–H groups in total. The van der Waals surface area contributed by atoms with E-state index in [2.05, 4.69) is 19.2 Å². The molecule has 1 rings (SSSR count). The van der Waals surface area contributed by atoms with Gasteiger partial charge in [0, 0.05) is 23.4 Å². The predicted octanol–water partition coefficient (Wildman–Crippen LogP) is -1.83. The summed E-state index contributed by atoms with van der Waals surface area (Å²) in [5, 5.41) is 25.1. The summed E-state index contributed by atoms with van der Waals surface area (Å²) in [6.07, 6.45) is 15.5. The van der Waals surface area contributed by atoms with E-state index in [-0.39, 0.29) is 70.2 Å². The van der Waals surface area contributed by atoms with Crippen LogP contribution in [0.1, 0.15) is 112 Å². The number of carbonyl (C=O) groups is 2.